The zero-order chi connectivity index (χ0) is 20.4. The van der Waals surface area contributed by atoms with Crippen LogP contribution in [0.2, 0.25) is 0 Å². The van der Waals surface area contributed by atoms with E-state index in [4.69, 9.17) is 0 Å². The van der Waals surface area contributed by atoms with E-state index in [0.717, 1.165) is 47.4 Å². The van der Waals surface area contributed by atoms with Crippen LogP contribution in [-0.2, 0) is 9.59 Å². The van der Waals surface area contributed by atoms with E-state index in [1.54, 1.807) is 0 Å². The average Bonchev–Trinajstić information content (AvgIpc) is 2.70. The molecule has 5 heteroatoms. The highest BCUT2D eigenvalue weighted by molar-refractivity contribution is 6.01. The lowest BCUT2D eigenvalue weighted by Gasteiger charge is -2.09. The Kier molecular flexibility index (Phi) is 8.40. The van der Waals surface area contributed by atoms with Crippen LogP contribution in [0, 0.1) is 13.8 Å². The molecule has 0 spiro atoms. The first-order valence-electron chi connectivity index (χ1n) is 9.77. The maximum Gasteiger partial charge on any atom is 0.240 e. The highest BCUT2D eigenvalue weighted by Gasteiger charge is 2.09. The van der Waals surface area contributed by atoms with E-state index in [2.05, 4.69) is 22.8 Å². The first kappa shape index (κ1) is 21.4. The van der Waals surface area contributed by atoms with Gasteiger partial charge in [-0.3, -0.25) is 9.59 Å². The second-order valence-electron chi connectivity index (χ2n) is 6.93. The van der Waals surface area contributed by atoms with Crippen LogP contribution in [-0.4, -0.2) is 17.5 Å². The van der Waals surface area contributed by atoms with Gasteiger partial charge < -0.3 is 5.32 Å². The molecular weight excluding hydrogens is 350 g/mol. The molecule has 148 valence electrons. The molecular formula is C23H29N3O2. The second-order valence-corrected chi connectivity index (χ2v) is 6.93. The lowest BCUT2D eigenvalue weighted by atomic mass is 10.1. The Bertz CT molecular complexity index is 829. The lowest BCUT2D eigenvalue weighted by molar-refractivity contribution is -0.124. The molecule has 2 aromatic carbocycles. The van der Waals surface area contributed by atoms with E-state index in [-0.39, 0.29) is 24.7 Å². The van der Waals surface area contributed by atoms with Crippen molar-refractivity contribution in [3.8, 4) is 0 Å². The number of aryl methyl sites for hydroxylation is 2. The Labute approximate surface area is 167 Å². The SMILES string of the molecule is CCCC/C(=N\NC(=O)CCC(=O)Nc1cc(C)ccc1C)c1ccccc1. The monoisotopic (exact) mass is 379 g/mol. The van der Waals surface area contributed by atoms with Crippen LogP contribution in [0.15, 0.2) is 53.6 Å². The molecule has 2 rings (SSSR count). The van der Waals surface area contributed by atoms with Gasteiger partial charge in [-0.05, 0) is 49.4 Å². The molecule has 0 saturated carbocycles. The predicted molar refractivity (Wildman–Crippen MR) is 114 cm³/mol. The third-order valence-electron chi connectivity index (χ3n) is 4.44. The second kappa shape index (κ2) is 11.0. The third-order valence-corrected chi connectivity index (χ3v) is 4.44. The number of amides is 2. The molecule has 0 aliphatic rings. The van der Waals surface area contributed by atoms with Gasteiger partial charge in [0.15, 0.2) is 0 Å². The molecule has 2 aromatic rings. The van der Waals surface area contributed by atoms with E-state index in [0.29, 0.717) is 0 Å². The molecule has 0 heterocycles. The largest absolute Gasteiger partial charge is 0.326 e. The number of anilines is 1. The first-order chi connectivity index (χ1) is 13.5. The number of benzene rings is 2. The van der Waals surface area contributed by atoms with Gasteiger partial charge in [-0.25, -0.2) is 5.43 Å². The van der Waals surface area contributed by atoms with Crippen LogP contribution in [0.3, 0.4) is 0 Å². The number of hydrogen-bond acceptors (Lipinski definition) is 3. The quantitative estimate of drug-likeness (QED) is 0.488. The molecule has 0 fully saturated rings. The van der Waals surface area contributed by atoms with Crippen molar-refractivity contribution in [1.82, 2.24) is 5.43 Å². The zero-order valence-corrected chi connectivity index (χ0v) is 16.9. The molecule has 0 radical (unpaired) electrons. The minimum absolute atomic E-state index is 0.0933. The van der Waals surface area contributed by atoms with E-state index < -0.39 is 0 Å². The molecule has 0 aliphatic carbocycles. The van der Waals surface area contributed by atoms with Crippen molar-refractivity contribution in [3.63, 3.8) is 0 Å². The molecule has 0 atom stereocenters. The van der Waals surface area contributed by atoms with Crippen molar-refractivity contribution in [3.05, 3.63) is 65.2 Å². The van der Waals surface area contributed by atoms with Gasteiger partial charge in [0.2, 0.25) is 11.8 Å². The normalized spacial score (nSPS) is 11.2. The number of hydrogen-bond donors (Lipinski definition) is 2. The molecule has 0 aromatic heterocycles. The van der Waals surface area contributed by atoms with Gasteiger partial charge in [-0.2, -0.15) is 5.10 Å². The number of carbonyl (C=O) groups excluding carboxylic acids is 2. The van der Waals surface area contributed by atoms with E-state index in [1.807, 2.05) is 62.4 Å². The van der Waals surface area contributed by atoms with E-state index >= 15 is 0 Å². The zero-order valence-electron chi connectivity index (χ0n) is 16.9. The first-order valence-corrected chi connectivity index (χ1v) is 9.77. The number of rotatable bonds is 9. The Balaban J connectivity index is 1.88. The van der Waals surface area contributed by atoms with Crippen molar-refractivity contribution >= 4 is 23.2 Å². The van der Waals surface area contributed by atoms with Crippen molar-refractivity contribution in [2.24, 2.45) is 5.10 Å². The fourth-order valence-electron chi connectivity index (χ4n) is 2.74. The standard InChI is InChI=1S/C23H29N3O2/c1-4-5-11-20(19-9-7-6-8-10-19)25-26-23(28)15-14-22(27)24-21-16-17(2)12-13-18(21)3/h6-10,12-13,16H,4-5,11,14-15H2,1-3H3,(H,24,27)(H,26,28)/b25-20+. The van der Waals surface area contributed by atoms with Gasteiger partial charge in [0.05, 0.1) is 5.71 Å². The highest BCUT2D eigenvalue weighted by Crippen LogP contribution is 2.16. The summed E-state index contributed by atoms with van der Waals surface area (Å²) in [4.78, 5) is 24.3. The molecule has 2 N–H and O–H groups in total. The summed E-state index contributed by atoms with van der Waals surface area (Å²) >= 11 is 0. The van der Waals surface area contributed by atoms with Gasteiger partial charge in [0, 0.05) is 18.5 Å². The predicted octanol–water partition coefficient (Wildman–Crippen LogP) is 4.73. The van der Waals surface area contributed by atoms with Gasteiger partial charge in [0.1, 0.15) is 0 Å². The smallest absolute Gasteiger partial charge is 0.240 e. The molecule has 0 saturated heterocycles. The Morgan fingerprint density at radius 1 is 0.929 bits per heavy atom. The fourth-order valence-corrected chi connectivity index (χ4v) is 2.74. The van der Waals surface area contributed by atoms with Gasteiger partial charge in [-0.15, -0.1) is 0 Å². The number of carbonyl (C=O) groups is 2. The topological polar surface area (TPSA) is 70.6 Å². The maximum absolute atomic E-state index is 12.2. The molecule has 0 unspecified atom stereocenters. The van der Waals surface area contributed by atoms with Crippen LogP contribution in [0.1, 0.15) is 55.7 Å². The molecule has 2 amide bonds. The number of unbranched alkanes of at least 4 members (excludes halogenated alkanes) is 1. The maximum atomic E-state index is 12.2. The third kappa shape index (κ3) is 6.99. The van der Waals surface area contributed by atoms with E-state index in [9.17, 15) is 9.59 Å². The van der Waals surface area contributed by atoms with Crippen LogP contribution in [0.4, 0.5) is 5.69 Å². The Hall–Kier alpha value is -2.95. The summed E-state index contributed by atoms with van der Waals surface area (Å²) in [7, 11) is 0. The lowest BCUT2D eigenvalue weighted by Crippen LogP contribution is -2.22. The van der Waals surface area contributed by atoms with Crippen molar-refractivity contribution in [2.45, 2.75) is 52.9 Å². The summed E-state index contributed by atoms with van der Waals surface area (Å²) in [5, 5.41) is 7.17. The number of hydrazone groups is 1. The van der Waals surface area contributed by atoms with Crippen molar-refractivity contribution in [1.29, 1.82) is 0 Å². The number of nitrogens with zero attached hydrogens (tertiary/aromatic N) is 1. The summed E-state index contributed by atoms with van der Waals surface area (Å²) in [6, 6.07) is 15.7. The summed E-state index contributed by atoms with van der Waals surface area (Å²) in [5.74, 6) is -0.442. The van der Waals surface area contributed by atoms with Crippen molar-refractivity contribution in [2.75, 3.05) is 5.32 Å². The number of nitrogens with one attached hydrogen (secondary N) is 2. The minimum Gasteiger partial charge on any atom is -0.326 e. The molecule has 5 nitrogen and oxygen atoms in total. The van der Waals surface area contributed by atoms with Gasteiger partial charge in [-0.1, -0.05) is 55.8 Å². The van der Waals surface area contributed by atoms with Crippen LogP contribution >= 0.6 is 0 Å². The van der Waals surface area contributed by atoms with Crippen molar-refractivity contribution < 1.29 is 9.59 Å². The summed E-state index contributed by atoms with van der Waals surface area (Å²) < 4.78 is 0. The summed E-state index contributed by atoms with van der Waals surface area (Å²) in [5.41, 5.74) is 7.32. The Morgan fingerprint density at radius 3 is 2.36 bits per heavy atom. The molecule has 0 aliphatic heterocycles. The Morgan fingerprint density at radius 2 is 1.64 bits per heavy atom. The van der Waals surface area contributed by atoms with E-state index in [1.165, 1.54) is 0 Å². The van der Waals surface area contributed by atoms with Crippen LogP contribution in [0.5, 0.6) is 0 Å². The van der Waals surface area contributed by atoms with Gasteiger partial charge in [0.25, 0.3) is 0 Å². The molecule has 28 heavy (non-hydrogen) atoms. The van der Waals surface area contributed by atoms with Crippen LogP contribution in [0.25, 0.3) is 0 Å². The average molecular weight is 380 g/mol. The van der Waals surface area contributed by atoms with Gasteiger partial charge >= 0.3 is 0 Å². The summed E-state index contributed by atoms with van der Waals surface area (Å²) in [6.07, 6.45) is 3.06. The minimum atomic E-state index is -0.263. The summed E-state index contributed by atoms with van der Waals surface area (Å²) in [6.45, 7) is 6.04. The fraction of sp³-hybridized carbons (Fsp3) is 0.348. The highest BCUT2D eigenvalue weighted by atomic mass is 16.2. The molecule has 0 bridgehead atoms. The van der Waals surface area contributed by atoms with Crippen LogP contribution < -0.4 is 10.7 Å².